The minimum absolute atomic E-state index is 0.0457. The van der Waals surface area contributed by atoms with Gasteiger partial charge in [-0.1, -0.05) is 52.9 Å². The van der Waals surface area contributed by atoms with Crippen molar-refractivity contribution in [2.24, 2.45) is 11.3 Å². The molecule has 0 heterocycles. The summed E-state index contributed by atoms with van der Waals surface area (Å²) < 4.78 is 0. The number of carbonyl (C=O) groups excluding carboxylic acids is 1. The number of rotatable bonds is 8. The molecule has 1 aromatic rings. The molecule has 0 radical (unpaired) electrons. The van der Waals surface area contributed by atoms with Gasteiger partial charge in [-0.05, 0) is 74.1 Å². The maximum absolute atomic E-state index is 12.8. The van der Waals surface area contributed by atoms with Gasteiger partial charge in [0.2, 0.25) is 0 Å². The lowest BCUT2D eigenvalue weighted by molar-refractivity contribution is 0.0523. The summed E-state index contributed by atoms with van der Waals surface area (Å²) in [6, 6.07) is 8.58. The van der Waals surface area contributed by atoms with Crippen LogP contribution >= 0.6 is 0 Å². The molecule has 2 aliphatic rings. The number of nitrogens with zero attached hydrogens (tertiary/aromatic N) is 1. The predicted octanol–water partition coefficient (Wildman–Crippen LogP) is 6.96. The topological polar surface area (TPSA) is 44.4 Å². The van der Waals surface area contributed by atoms with Crippen LogP contribution in [0.4, 0.5) is 16.2 Å². The van der Waals surface area contributed by atoms with E-state index < -0.39 is 0 Å². The lowest BCUT2D eigenvalue weighted by Gasteiger charge is -2.48. The average molecular weight is 414 g/mol. The number of hydrogen-bond donors (Lipinski definition) is 2. The Kier molecular flexibility index (Phi) is 8.47. The second kappa shape index (κ2) is 11.1. The molecule has 0 bridgehead atoms. The van der Waals surface area contributed by atoms with Crippen LogP contribution in [-0.2, 0) is 0 Å². The molecule has 3 rings (SSSR count). The van der Waals surface area contributed by atoms with Crippen LogP contribution in [0.1, 0.15) is 91.4 Å². The van der Waals surface area contributed by atoms with Crippen LogP contribution in [0, 0.1) is 11.3 Å². The van der Waals surface area contributed by atoms with Crippen LogP contribution in [0.15, 0.2) is 24.3 Å². The van der Waals surface area contributed by atoms with Gasteiger partial charge < -0.3 is 15.5 Å². The Morgan fingerprint density at radius 1 is 0.967 bits per heavy atom. The SMILES string of the molecule is CCCN(CCC)c1ccc(NC(=O)NC2CCCCC2(C)C2CCCCC2)cc1. The third kappa shape index (κ3) is 5.70. The number of carbonyl (C=O) groups is 1. The van der Waals surface area contributed by atoms with E-state index in [0.717, 1.165) is 44.0 Å². The Labute approximate surface area is 184 Å². The van der Waals surface area contributed by atoms with Gasteiger partial charge in [-0.15, -0.1) is 0 Å². The number of hydrogen-bond acceptors (Lipinski definition) is 2. The smallest absolute Gasteiger partial charge is 0.319 e. The zero-order valence-corrected chi connectivity index (χ0v) is 19.5. The number of urea groups is 1. The van der Waals surface area contributed by atoms with E-state index in [0.29, 0.717) is 6.04 Å². The number of amides is 2. The van der Waals surface area contributed by atoms with Crippen molar-refractivity contribution in [1.29, 1.82) is 0 Å². The molecule has 0 spiro atoms. The van der Waals surface area contributed by atoms with Crippen LogP contribution < -0.4 is 15.5 Å². The summed E-state index contributed by atoms with van der Waals surface area (Å²) in [6.45, 7) is 9.02. The second-order valence-corrected chi connectivity index (χ2v) is 9.77. The quantitative estimate of drug-likeness (QED) is 0.483. The predicted molar refractivity (Wildman–Crippen MR) is 128 cm³/mol. The van der Waals surface area contributed by atoms with Gasteiger partial charge in [-0.2, -0.15) is 0 Å². The maximum Gasteiger partial charge on any atom is 0.319 e. The molecular formula is C26H43N3O. The van der Waals surface area contributed by atoms with Gasteiger partial charge in [0.15, 0.2) is 0 Å². The zero-order valence-electron chi connectivity index (χ0n) is 19.5. The van der Waals surface area contributed by atoms with Crippen molar-refractivity contribution in [3.05, 3.63) is 24.3 Å². The van der Waals surface area contributed by atoms with Gasteiger partial charge in [0.25, 0.3) is 0 Å². The van der Waals surface area contributed by atoms with Gasteiger partial charge >= 0.3 is 6.03 Å². The summed E-state index contributed by atoms with van der Waals surface area (Å²) in [4.78, 5) is 15.3. The van der Waals surface area contributed by atoms with Gasteiger partial charge in [-0.25, -0.2) is 4.79 Å². The summed E-state index contributed by atoms with van der Waals surface area (Å²) in [6.07, 6.45) is 14.0. The average Bonchev–Trinajstić information content (AvgIpc) is 2.76. The van der Waals surface area contributed by atoms with Crippen molar-refractivity contribution in [1.82, 2.24) is 5.32 Å². The lowest BCUT2D eigenvalue weighted by Crippen LogP contribution is -2.53. The Morgan fingerprint density at radius 3 is 2.23 bits per heavy atom. The summed E-state index contributed by atoms with van der Waals surface area (Å²) in [5, 5.41) is 6.46. The Hall–Kier alpha value is -1.71. The van der Waals surface area contributed by atoms with E-state index in [2.05, 4.69) is 48.4 Å². The minimum atomic E-state index is -0.0457. The molecule has 2 saturated carbocycles. The monoisotopic (exact) mass is 413 g/mol. The fourth-order valence-corrected chi connectivity index (χ4v) is 5.84. The Bertz CT molecular complexity index is 647. The molecule has 2 amide bonds. The van der Waals surface area contributed by atoms with Crippen LogP contribution in [0.25, 0.3) is 0 Å². The Morgan fingerprint density at radius 2 is 1.60 bits per heavy atom. The zero-order chi connectivity index (χ0) is 21.4. The number of nitrogens with one attached hydrogen (secondary N) is 2. The first-order valence-corrected chi connectivity index (χ1v) is 12.5. The van der Waals surface area contributed by atoms with Crippen molar-refractivity contribution < 1.29 is 4.79 Å². The summed E-state index contributed by atoms with van der Waals surface area (Å²) >= 11 is 0. The largest absolute Gasteiger partial charge is 0.372 e. The van der Waals surface area contributed by atoms with E-state index in [1.54, 1.807) is 0 Å². The Balaban J connectivity index is 1.59. The summed E-state index contributed by atoms with van der Waals surface area (Å²) in [5.41, 5.74) is 2.36. The highest BCUT2D eigenvalue weighted by Gasteiger charge is 2.43. The van der Waals surface area contributed by atoms with Gasteiger partial charge in [-0.3, -0.25) is 0 Å². The summed E-state index contributed by atoms with van der Waals surface area (Å²) in [5.74, 6) is 0.763. The third-order valence-electron chi connectivity index (χ3n) is 7.57. The first-order chi connectivity index (χ1) is 14.6. The van der Waals surface area contributed by atoms with Crippen molar-refractivity contribution >= 4 is 17.4 Å². The molecular weight excluding hydrogens is 370 g/mol. The molecule has 2 aliphatic carbocycles. The molecule has 2 N–H and O–H groups in total. The molecule has 4 nitrogen and oxygen atoms in total. The van der Waals surface area contributed by atoms with E-state index in [1.165, 1.54) is 57.1 Å². The first kappa shape index (κ1) is 23.0. The highest BCUT2D eigenvalue weighted by Crippen LogP contribution is 2.48. The summed E-state index contributed by atoms with van der Waals surface area (Å²) in [7, 11) is 0. The van der Waals surface area contributed by atoms with Crippen LogP contribution in [0.2, 0.25) is 0 Å². The maximum atomic E-state index is 12.8. The molecule has 0 saturated heterocycles. The standard InChI is InChI=1S/C26H43N3O/c1-4-19-29(20-5-2)23-16-14-22(15-17-23)27-25(30)28-24-13-9-10-18-26(24,3)21-11-7-6-8-12-21/h14-17,21,24H,4-13,18-20H2,1-3H3,(H2,27,28,30). The van der Waals surface area contributed by atoms with Crippen molar-refractivity contribution in [2.45, 2.75) is 97.4 Å². The van der Waals surface area contributed by atoms with Gasteiger partial charge in [0.1, 0.15) is 0 Å². The molecule has 0 aliphatic heterocycles. The number of benzene rings is 1. The second-order valence-electron chi connectivity index (χ2n) is 9.77. The third-order valence-corrected chi connectivity index (χ3v) is 7.57. The molecule has 2 atom stereocenters. The van der Waals surface area contributed by atoms with E-state index in [1.807, 2.05) is 12.1 Å². The van der Waals surface area contributed by atoms with Crippen LogP contribution in [0.5, 0.6) is 0 Å². The highest BCUT2D eigenvalue weighted by atomic mass is 16.2. The minimum Gasteiger partial charge on any atom is -0.372 e. The fraction of sp³-hybridized carbons (Fsp3) is 0.731. The molecule has 0 aromatic heterocycles. The highest BCUT2D eigenvalue weighted by molar-refractivity contribution is 5.89. The van der Waals surface area contributed by atoms with E-state index in [9.17, 15) is 4.79 Å². The molecule has 168 valence electrons. The van der Waals surface area contributed by atoms with E-state index >= 15 is 0 Å². The first-order valence-electron chi connectivity index (χ1n) is 12.5. The molecule has 4 heteroatoms. The van der Waals surface area contributed by atoms with E-state index in [-0.39, 0.29) is 11.4 Å². The van der Waals surface area contributed by atoms with Crippen LogP contribution in [0.3, 0.4) is 0 Å². The lowest BCUT2D eigenvalue weighted by atomic mass is 9.60. The van der Waals surface area contributed by atoms with Gasteiger partial charge in [0, 0.05) is 30.5 Å². The van der Waals surface area contributed by atoms with Crippen molar-refractivity contribution in [2.75, 3.05) is 23.3 Å². The fourth-order valence-electron chi connectivity index (χ4n) is 5.84. The van der Waals surface area contributed by atoms with Crippen molar-refractivity contribution in [3.63, 3.8) is 0 Å². The van der Waals surface area contributed by atoms with Gasteiger partial charge in [0.05, 0.1) is 0 Å². The molecule has 2 fully saturated rings. The normalized spacial score (nSPS) is 25.0. The molecule has 30 heavy (non-hydrogen) atoms. The van der Waals surface area contributed by atoms with Crippen LogP contribution in [-0.4, -0.2) is 25.2 Å². The molecule has 1 aromatic carbocycles. The van der Waals surface area contributed by atoms with E-state index in [4.69, 9.17) is 0 Å². The van der Waals surface area contributed by atoms with Crippen molar-refractivity contribution in [3.8, 4) is 0 Å². The number of anilines is 2. The molecule has 2 unspecified atom stereocenters.